The van der Waals surface area contributed by atoms with Crippen LogP contribution in [0.1, 0.15) is 29.1 Å². The Morgan fingerprint density at radius 3 is 2.57 bits per heavy atom. The highest BCUT2D eigenvalue weighted by Crippen LogP contribution is 2.36. The molecule has 30 heavy (non-hydrogen) atoms. The molecule has 1 aromatic carbocycles. The molecule has 1 amide bonds. The van der Waals surface area contributed by atoms with Gasteiger partial charge in [-0.05, 0) is 38.1 Å². The lowest BCUT2D eigenvalue weighted by atomic mass is 10.2. The number of hydrogen-bond donors (Lipinski definition) is 3. The Bertz CT molecular complexity index is 1090. The summed E-state index contributed by atoms with van der Waals surface area (Å²) in [5.74, 6) is 0.425. The highest BCUT2D eigenvalue weighted by molar-refractivity contribution is 7.67. The molecule has 0 saturated heterocycles. The van der Waals surface area contributed by atoms with Gasteiger partial charge < -0.3 is 19.3 Å². The Labute approximate surface area is 185 Å². The number of hydrogen-bond acceptors (Lipinski definition) is 7. The molecular formula is C18H18ClN2O6PS2. The average Bonchev–Trinajstić information content (AvgIpc) is 3.28. The summed E-state index contributed by atoms with van der Waals surface area (Å²) >= 11 is 7.95. The van der Waals surface area contributed by atoms with Gasteiger partial charge in [-0.1, -0.05) is 22.9 Å². The topological polar surface area (TPSA) is 118 Å². The second-order valence-corrected chi connectivity index (χ2v) is 11.1. The lowest BCUT2D eigenvalue weighted by Gasteiger charge is -2.14. The fraction of sp³-hybridized carbons (Fsp3) is 0.222. The predicted octanol–water partition coefficient (Wildman–Crippen LogP) is 4.28. The van der Waals surface area contributed by atoms with E-state index in [1.54, 1.807) is 24.3 Å². The molecule has 0 saturated carbocycles. The molecule has 0 aliphatic carbocycles. The molecule has 0 radical (unpaired) electrons. The number of amides is 1. The second kappa shape index (κ2) is 9.47. The smallest absolute Gasteiger partial charge is 0.366 e. The maximum Gasteiger partial charge on any atom is 0.366 e. The minimum atomic E-state index is -4.29. The van der Waals surface area contributed by atoms with Gasteiger partial charge in [0, 0.05) is 16.5 Å². The molecule has 0 bridgehead atoms. The minimum absolute atomic E-state index is 0.0276. The summed E-state index contributed by atoms with van der Waals surface area (Å²) in [5.41, 5.74) is 0.302. The molecule has 8 nitrogen and oxygen atoms in total. The second-order valence-electron chi connectivity index (χ2n) is 6.36. The fourth-order valence-corrected chi connectivity index (χ4v) is 4.93. The number of halogens is 1. The standard InChI is InChI=1S/C18H18ClN2O6PS2/c1-10(2)27-13-6-11(17(22)21-18-20-8-15(19)30-18)5-12(7-13)26-9-14-3-4-16(29-14)28(23,24)25/h3-8,10H,9H2,1-2H3,(H,20,21,22)(H2,23,24,25). The van der Waals surface area contributed by atoms with Crippen molar-refractivity contribution in [1.29, 1.82) is 0 Å². The van der Waals surface area contributed by atoms with Crippen LogP contribution in [0.2, 0.25) is 4.34 Å². The summed E-state index contributed by atoms with van der Waals surface area (Å²) in [6.07, 6.45) is 1.33. The summed E-state index contributed by atoms with van der Waals surface area (Å²) < 4.78 is 23.2. The van der Waals surface area contributed by atoms with E-state index in [-0.39, 0.29) is 17.3 Å². The van der Waals surface area contributed by atoms with E-state index in [0.717, 1.165) is 22.7 Å². The first kappa shape index (κ1) is 22.7. The number of benzene rings is 1. The third kappa shape index (κ3) is 6.28. The summed E-state index contributed by atoms with van der Waals surface area (Å²) in [6, 6.07) is 7.76. The number of thiophene rings is 1. The van der Waals surface area contributed by atoms with Crippen LogP contribution in [0.15, 0.2) is 36.5 Å². The number of aromatic nitrogens is 1. The van der Waals surface area contributed by atoms with Crippen LogP contribution < -0.4 is 19.4 Å². The molecule has 3 rings (SSSR count). The van der Waals surface area contributed by atoms with Crippen LogP contribution >= 0.6 is 41.9 Å². The van der Waals surface area contributed by atoms with E-state index in [9.17, 15) is 19.1 Å². The Balaban J connectivity index is 1.78. The molecule has 0 atom stereocenters. The van der Waals surface area contributed by atoms with Crippen LogP contribution in [-0.4, -0.2) is 26.8 Å². The van der Waals surface area contributed by atoms with Gasteiger partial charge in [-0.2, -0.15) is 0 Å². The Hall–Kier alpha value is -1.94. The molecule has 3 N–H and O–H groups in total. The Morgan fingerprint density at radius 2 is 1.97 bits per heavy atom. The number of nitrogens with zero attached hydrogens (tertiary/aromatic N) is 1. The van der Waals surface area contributed by atoms with E-state index in [1.165, 1.54) is 12.3 Å². The van der Waals surface area contributed by atoms with Crippen molar-refractivity contribution >= 4 is 57.5 Å². The van der Waals surface area contributed by atoms with Crippen LogP contribution in [0.5, 0.6) is 11.5 Å². The van der Waals surface area contributed by atoms with Gasteiger partial charge in [0.15, 0.2) is 5.13 Å². The van der Waals surface area contributed by atoms with Crippen molar-refractivity contribution in [2.75, 3.05) is 5.32 Å². The normalized spacial score (nSPS) is 11.5. The molecule has 0 aliphatic heterocycles. The lowest BCUT2D eigenvalue weighted by Crippen LogP contribution is -2.13. The van der Waals surface area contributed by atoms with Crippen LogP contribution in [-0.2, 0) is 11.2 Å². The first-order valence-corrected chi connectivity index (χ1v) is 12.2. The van der Waals surface area contributed by atoms with Gasteiger partial charge in [-0.15, -0.1) is 11.3 Å². The molecule has 3 aromatic rings. The zero-order valence-electron chi connectivity index (χ0n) is 15.9. The molecular weight excluding hydrogens is 471 g/mol. The van der Waals surface area contributed by atoms with Crippen molar-refractivity contribution < 1.29 is 28.6 Å². The van der Waals surface area contributed by atoms with E-state index in [4.69, 9.17) is 21.1 Å². The van der Waals surface area contributed by atoms with Gasteiger partial charge >= 0.3 is 7.60 Å². The van der Waals surface area contributed by atoms with E-state index in [1.807, 2.05) is 13.8 Å². The number of carbonyl (C=O) groups is 1. The van der Waals surface area contributed by atoms with Crippen molar-refractivity contribution in [3.63, 3.8) is 0 Å². The highest BCUT2D eigenvalue weighted by atomic mass is 35.5. The first-order chi connectivity index (χ1) is 14.1. The van der Waals surface area contributed by atoms with Crippen molar-refractivity contribution in [2.45, 2.75) is 26.6 Å². The van der Waals surface area contributed by atoms with Gasteiger partial charge in [0.2, 0.25) is 0 Å². The maximum atomic E-state index is 12.6. The third-order valence-corrected chi connectivity index (χ3v) is 7.13. The molecule has 0 unspecified atom stereocenters. The summed E-state index contributed by atoms with van der Waals surface area (Å²) in [5, 5.41) is 3.04. The molecule has 160 valence electrons. The third-order valence-electron chi connectivity index (χ3n) is 3.53. The number of carbonyl (C=O) groups excluding carboxylic acids is 1. The van der Waals surface area contributed by atoms with E-state index in [2.05, 4.69) is 10.3 Å². The number of anilines is 1. The van der Waals surface area contributed by atoms with Crippen molar-refractivity contribution in [3.8, 4) is 11.5 Å². The number of thiazole rings is 1. The maximum absolute atomic E-state index is 12.6. The molecule has 0 spiro atoms. The zero-order chi connectivity index (χ0) is 21.9. The Kier molecular flexibility index (Phi) is 7.18. The van der Waals surface area contributed by atoms with Crippen molar-refractivity contribution in [2.24, 2.45) is 0 Å². The van der Waals surface area contributed by atoms with Crippen molar-refractivity contribution in [1.82, 2.24) is 4.98 Å². The van der Waals surface area contributed by atoms with Crippen LogP contribution in [0, 0.1) is 0 Å². The molecule has 0 aliphatic rings. The Morgan fingerprint density at radius 1 is 1.23 bits per heavy atom. The first-order valence-electron chi connectivity index (χ1n) is 8.62. The summed E-state index contributed by atoms with van der Waals surface area (Å²) in [6.45, 7) is 3.80. The highest BCUT2D eigenvalue weighted by Gasteiger charge is 2.20. The van der Waals surface area contributed by atoms with Crippen LogP contribution in [0.3, 0.4) is 0 Å². The van der Waals surface area contributed by atoms with Crippen molar-refractivity contribution in [3.05, 3.63) is 51.3 Å². The SMILES string of the molecule is CC(C)Oc1cc(OCc2ccc(P(=O)(O)O)s2)cc(C(=O)Nc2ncc(Cl)s2)c1. The molecule has 2 heterocycles. The van der Waals surface area contributed by atoms with Gasteiger partial charge in [0.25, 0.3) is 5.91 Å². The number of ether oxygens (including phenoxy) is 2. The van der Waals surface area contributed by atoms with Gasteiger partial charge in [-0.3, -0.25) is 14.7 Å². The molecule has 0 fully saturated rings. The minimum Gasteiger partial charge on any atom is -0.491 e. The van der Waals surface area contributed by atoms with Gasteiger partial charge in [-0.25, -0.2) is 4.98 Å². The predicted molar refractivity (Wildman–Crippen MR) is 118 cm³/mol. The molecule has 12 heteroatoms. The monoisotopic (exact) mass is 488 g/mol. The fourth-order valence-electron chi connectivity index (χ4n) is 2.36. The van der Waals surface area contributed by atoms with E-state index in [0.29, 0.717) is 31.4 Å². The zero-order valence-corrected chi connectivity index (χ0v) is 19.1. The number of rotatable bonds is 8. The lowest BCUT2D eigenvalue weighted by molar-refractivity contribution is 0.102. The quantitative estimate of drug-likeness (QED) is 0.405. The van der Waals surface area contributed by atoms with Crippen LogP contribution in [0.25, 0.3) is 0 Å². The van der Waals surface area contributed by atoms with Gasteiger partial charge in [0.05, 0.1) is 12.3 Å². The molecule has 2 aromatic heterocycles. The van der Waals surface area contributed by atoms with Gasteiger partial charge in [0.1, 0.15) is 27.1 Å². The van der Waals surface area contributed by atoms with E-state index < -0.39 is 13.5 Å². The number of nitrogens with one attached hydrogen (secondary N) is 1. The summed E-state index contributed by atoms with van der Waals surface area (Å²) in [4.78, 5) is 35.7. The average molecular weight is 489 g/mol. The van der Waals surface area contributed by atoms with E-state index >= 15 is 0 Å². The van der Waals surface area contributed by atoms with Crippen LogP contribution in [0.4, 0.5) is 5.13 Å². The summed E-state index contributed by atoms with van der Waals surface area (Å²) in [7, 11) is -4.29. The largest absolute Gasteiger partial charge is 0.491 e.